The van der Waals surface area contributed by atoms with Crippen molar-refractivity contribution in [2.75, 3.05) is 0 Å². The lowest BCUT2D eigenvalue weighted by atomic mass is 10.0. The molecular formula is C17H32. The molecule has 0 aromatic rings. The highest BCUT2D eigenvalue weighted by molar-refractivity contribution is 5.22. The first-order valence-electron chi connectivity index (χ1n) is 6.32. The number of hydrogen-bond acceptors (Lipinski definition) is 0. The first-order valence-corrected chi connectivity index (χ1v) is 6.32. The van der Waals surface area contributed by atoms with Gasteiger partial charge in [-0.05, 0) is 11.5 Å². The summed E-state index contributed by atoms with van der Waals surface area (Å²) in [5.41, 5.74) is 1.24. The summed E-state index contributed by atoms with van der Waals surface area (Å²) in [5, 5.41) is 0. The second-order valence-electron chi connectivity index (χ2n) is 2.73. The lowest BCUT2D eigenvalue weighted by Crippen LogP contribution is -1.87. The Kier molecular flexibility index (Phi) is 42.7. The van der Waals surface area contributed by atoms with Crippen LogP contribution in [-0.2, 0) is 0 Å². The van der Waals surface area contributed by atoms with Crippen molar-refractivity contribution in [2.24, 2.45) is 5.92 Å². The van der Waals surface area contributed by atoms with Crippen LogP contribution in [0.25, 0.3) is 0 Å². The summed E-state index contributed by atoms with van der Waals surface area (Å²) in [7, 11) is 0. The molecule has 0 bridgehead atoms. The smallest absolute Gasteiger partial charge is 0.0219 e. The topological polar surface area (TPSA) is 0 Å². The van der Waals surface area contributed by atoms with Crippen molar-refractivity contribution >= 4 is 0 Å². The Morgan fingerprint density at radius 3 is 1.18 bits per heavy atom. The molecule has 0 aliphatic rings. The van der Waals surface area contributed by atoms with Gasteiger partial charge in [0.1, 0.15) is 0 Å². The molecule has 0 spiro atoms. The predicted molar refractivity (Wildman–Crippen MR) is 86.4 cm³/mol. The van der Waals surface area contributed by atoms with Crippen molar-refractivity contribution in [3.63, 3.8) is 0 Å². The summed E-state index contributed by atoms with van der Waals surface area (Å²) in [6, 6.07) is 0. The molecule has 0 aliphatic carbocycles. The van der Waals surface area contributed by atoms with E-state index in [2.05, 4.69) is 40.2 Å². The van der Waals surface area contributed by atoms with Crippen LogP contribution >= 0.6 is 0 Å². The second-order valence-corrected chi connectivity index (χ2v) is 2.73. The third kappa shape index (κ3) is 31.3. The van der Waals surface area contributed by atoms with Crippen LogP contribution < -0.4 is 0 Å². The molecule has 0 atom stereocenters. The molecule has 0 aromatic carbocycles. The molecule has 0 N–H and O–H groups in total. The third-order valence-corrected chi connectivity index (χ3v) is 1.38. The van der Waals surface area contributed by atoms with E-state index in [1.807, 2.05) is 39.8 Å². The van der Waals surface area contributed by atoms with Crippen LogP contribution in [0.3, 0.4) is 0 Å². The Hall–Kier alpha value is -1.30. The van der Waals surface area contributed by atoms with Gasteiger partial charge in [0.05, 0.1) is 0 Å². The monoisotopic (exact) mass is 236 g/mol. The average molecular weight is 236 g/mol. The predicted octanol–water partition coefficient (Wildman–Crippen LogP) is 6.35. The SMILES string of the molecule is C=C/C=C(\C=C)C(C)C.C=CC=C.CC.CC. The van der Waals surface area contributed by atoms with Crippen LogP contribution in [0.15, 0.2) is 62.3 Å². The van der Waals surface area contributed by atoms with Gasteiger partial charge in [-0.15, -0.1) is 0 Å². The Morgan fingerprint density at radius 2 is 1.12 bits per heavy atom. The van der Waals surface area contributed by atoms with Crippen molar-refractivity contribution in [1.82, 2.24) is 0 Å². The van der Waals surface area contributed by atoms with Crippen LogP contribution in [0.1, 0.15) is 41.5 Å². The highest BCUT2D eigenvalue weighted by Gasteiger charge is 1.94. The summed E-state index contributed by atoms with van der Waals surface area (Å²) in [6.45, 7) is 26.3. The van der Waals surface area contributed by atoms with E-state index in [0.717, 1.165) is 0 Å². The number of hydrogen-bond donors (Lipinski definition) is 0. The van der Waals surface area contributed by atoms with Crippen LogP contribution in [0.2, 0.25) is 0 Å². The second kappa shape index (κ2) is 29.3. The highest BCUT2D eigenvalue weighted by Crippen LogP contribution is 2.09. The summed E-state index contributed by atoms with van der Waals surface area (Å²) < 4.78 is 0. The van der Waals surface area contributed by atoms with Crippen LogP contribution in [-0.4, -0.2) is 0 Å². The lowest BCUT2D eigenvalue weighted by Gasteiger charge is -2.02. The standard InChI is InChI=1S/C9H14.C4H6.2C2H6/c1-5-7-9(6-2)8(3)4;1-3-4-2;2*1-2/h5-8H,1-2H2,3-4H3;3-4H,1-2H2;2*1-2H3/b9-7+;;;. The molecule has 0 nitrogen and oxygen atoms in total. The average Bonchev–Trinajstić information content (AvgIpc) is 2.40. The molecule has 0 amide bonds. The normalized spacial score (nSPS) is 8.06. The summed E-state index contributed by atoms with van der Waals surface area (Å²) in [5.74, 6) is 0.556. The maximum absolute atomic E-state index is 3.68. The molecular weight excluding hydrogens is 204 g/mol. The van der Waals surface area contributed by atoms with Crippen molar-refractivity contribution in [1.29, 1.82) is 0 Å². The highest BCUT2D eigenvalue weighted by atomic mass is 14.0. The molecule has 0 aromatic heterocycles. The van der Waals surface area contributed by atoms with E-state index >= 15 is 0 Å². The van der Waals surface area contributed by atoms with E-state index in [1.54, 1.807) is 18.2 Å². The van der Waals surface area contributed by atoms with Crippen molar-refractivity contribution in [2.45, 2.75) is 41.5 Å². The number of rotatable bonds is 4. The van der Waals surface area contributed by atoms with Crippen molar-refractivity contribution < 1.29 is 0 Å². The Morgan fingerprint density at radius 1 is 0.765 bits per heavy atom. The fraction of sp³-hybridized carbons (Fsp3) is 0.412. The molecule has 0 saturated heterocycles. The Bertz CT molecular complexity index is 186. The maximum Gasteiger partial charge on any atom is -0.0219 e. The van der Waals surface area contributed by atoms with E-state index < -0.39 is 0 Å². The van der Waals surface area contributed by atoms with Crippen LogP contribution in [0.5, 0.6) is 0 Å². The lowest BCUT2D eigenvalue weighted by molar-refractivity contribution is 0.792. The first kappa shape index (κ1) is 24.8. The summed E-state index contributed by atoms with van der Waals surface area (Å²) in [4.78, 5) is 0. The zero-order valence-corrected chi connectivity index (χ0v) is 12.8. The molecule has 100 valence electrons. The fourth-order valence-electron chi connectivity index (χ4n) is 0.632. The quantitative estimate of drug-likeness (QED) is 0.499. The van der Waals surface area contributed by atoms with E-state index in [1.165, 1.54) is 5.57 Å². The van der Waals surface area contributed by atoms with Crippen LogP contribution in [0, 0.1) is 5.92 Å². The van der Waals surface area contributed by atoms with Gasteiger partial charge in [0, 0.05) is 0 Å². The van der Waals surface area contributed by atoms with Gasteiger partial charge >= 0.3 is 0 Å². The number of allylic oxidation sites excluding steroid dienone is 6. The molecule has 0 unspecified atom stereocenters. The molecule has 17 heavy (non-hydrogen) atoms. The summed E-state index contributed by atoms with van der Waals surface area (Å²) in [6.07, 6.45) is 8.92. The van der Waals surface area contributed by atoms with Gasteiger partial charge in [-0.25, -0.2) is 0 Å². The molecule has 0 fully saturated rings. The summed E-state index contributed by atoms with van der Waals surface area (Å²) >= 11 is 0. The van der Waals surface area contributed by atoms with Gasteiger partial charge in [-0.3, -0.25) is 0 Å². The van der Waals surface area contributed by atoms with E-state index in [9.17, 15) is 0 Å². The van der Waals surface area contributed by atoms with Gasteiger partial charge < -0.3 is 0 Å². The van der Waals surface area contributed by atoms with Gasteiger partial charge in [0.25, 0.3) is 0 Å². The van der Waals surface area contributed by atoms with Crippen molar-refractivity contribution in [3.8, 4) is 0 Å². The molecule has 0 radical (unpaired) electrons. The largest absolute Gasteiger partial charge is 0.0991 e. The maximum atomic E-state index is 3.68. The third-order valence-electron chi connectivity index (χ3n) is 1.38. The van der Waals surface area contributed by atoms with E-state index in [4.69, 9.17) is 0 Å². The fourth-order valence-corrected chi connectivity index (χ4v) is 0.632. The first-order chi connectivity index (χ1) is 8.13. The van der Waals surface area contributed by atoms with Crippen LogP contribution in [0.4, 0.5) is 0 Å². The van der Waals surface area contributed by atoms with Gasteiger partial charge in [-0.1, -0.05) is 98.2 Å². The minimum absolute atomic E-state index is 0.556. The van der Waals surface area contributed by atoms with E-state index in [-0.39, 0.29) is 0 Å². The molecule has 0 saturated carbocycles. The van der Waals surface area contributed by atoms with Crippen molar-refractivity contribution in [3.05, 3.63) is 62.3 Å². The zero-order chi connectivity index (χ0) is 14.7. The molecule has 0 aliphatic heterocycles. The molecule has 0 heteroatoms. The Balaban J connectivity index is -0.0000000887. The van der Waals surface area contributed by atoms with Gasteiger partial charge in [0.15, 0.2) is 0 Å². The Labute approximate surface area is 110 Å². The molecule has 0 heterocycles. The van der Waals surface area contributed by atoms with Gasteiger partial charge in [0.2, 0.25) is 0 Å². The molecule has 0 rings (SSSR count). The minimum atomic E-state index is 0.556. The minimum Gasteiger partial charge on any atom is -0.0991 e. The van der Waals surface area contributed by atoms with E-state index in [0.29, 0.717) is 5.92 Å². The van der Waals surface area contributed by atoms with Gasteiger partial charge in [-0.2, -0.15) is 0 Å². The zero-order valence-electron chi connectivity index (χ0n) is 12.8.